The number of carbonyl (C=O) groups is 2. The SMILES string of the molecule is CCC(=O)O[C@@H](C)C(=O)Nc1ccc(S(N)(=O)=O)cc1. The molecule has 0 saturated heterocycles. The van der Waals surface area contributed by atoms with Crippen molar-refractivity contribution in [2.24, 2.45) is 5.14 Å². The zero-order valence-electron chi connectivity index (χ0n) is 11.1. The summed E-state index contributed by atoms with van der Waals surface area (Å²) in [4.78, 5) is 22.7. The standard InChI is InChI=1S/C12H16N2O5S/c1-3-11(15)19-8(2)12(16)14-9-4-6-10(7-5-9)20(13,17)18/h4-8H,3H2,1-2H3,(H,14,16)(H2,13,17,18)/t8-/m0/s1. The highest BCUT2D eigenvalue weighted by Crippen LogP contribution is 2.13. The maximum absolute atomic E-state index is 11.7. The van der Waals surface area contributed by atoms with Gasteiger partial charge in [0.2, 0.25) is 10.0 Å². The first-order valence-electron chi connectivity index (χ1n) is 5.87. The first-order valence-corrected chi connectivity index (χ1v) is 7.42. The Labute approximate surface area is 117 Å². The molecule has 0 fully saturated rings. The molecule has 1 amide bonds. The van der Waals surface area contributed by atoms with Crippen LogP contribution in [-0.4, -0.2) is 26.4 Å². The van der Waals surface area contributed by atoms with Crippen LogP contribution in [0.1, 0.15) is 20.3 Å². The summed E-state index contributed by atoms with van der Waals surface area (Å²) in [5, 5.41) is 7.45. The maximum Gasteiger partial charge on any atom is 0.306 e. The number of carbonyl (C=O) groups excluding carboxylic acids is 2. The molecule has 0 aliphatic heterocycles. The normalized spacial score (nSPS) is 12.6. The average molecular weight is 300 g/mol. The van der Waals surface area contributed by atoms with Crippen molar-refractivity contribution in [3.05, 3.63) is 24.3 Å². The van der Waals surface area contributed by atoms with Crippen LogP contribution in [-0.2, 0) is 24.3 Å². The number of amides is 1. The Morgan fingerprint density at radius 3 is 2.30 bits per heavy atom. The smallest absolute Gasteiger partial charge is 0.306 e. The fraction of sp³-hybridized carbons (Fsp3) is 0.333. The van der Waals surface area contributed by atoms with E-state index in [0.29, 0.717) is 5.69 Å². The largest absolute Gasteiger partial charge is 0.453 e. The van der Waals surface area contributed by atoms with E-state index in [9.17, 15) is 18.0 Å². The summed E-state index contributed by atoms with van der Waals surface area (Å²) in [6.45, 7) is 3.07. The van der Waals surface area contributed by atoms with Crippen LogP contribution in [0.5, 0.6) is 0 Å². The monoisotopic (exact) mass is 300 g/mol. The minimum absolute atomic E-state index is 0.0547. The van der Waals surface area contributed by atoms with Crippen LogP contribution in [0.25, 0.3) is 0 Å². The topological polar surface area (TPSA) is 116 Å². The van der Waals surface area contributed by atoms with Crippen LogP contribution in [0.2, 0.25) is 0 Å². The molecule has 7 nitrogen and oxygen atoms in total. The van der Waals surface area contributed by atoms with E-state index in [-0.39, 0.29) is 11.3 Å². The first-order chi connectivity index (χ1) is 9.24. The Balaban J connectivity index is 2.69. The maximum atomic E-state index is 11.7. The highest BCUT2D eigenvalue weighted by Gasteiger charge is 2.17. The van der Waals surface area contributed by atoms with Gasteiger partial charge in [-0.15, -0.1) is 0 Å². The molecule has 0 saturated carbocycles. The van der Waals surface area contributed by atoms with Crippen molar-refractivity contribution < 1.29 is 22.7 Å². The molecule has 0 aliphatic carbocycles. The molecule has 0 heterocycles. The van der Waals surface area contributed by atoms with E-state index in [1.165, 1.54) is 31.2 Å². The quantitative estimate of drug-likeness (QED) is 0.773. The van der Waals surface area contributed by atoms with E-state index < -0.39 is 28.0 Å². The van der Waals surface area contributed by atoms with E-state index in [2.05, 4.69) is 5.32 Å². The van der Waals surface area contributed by atoms with E-state index in [4.69, 9.17) is 9.88 Å². The van der Waals surface area contributed by atoms with Crippen LogP contribution in [0, 0.1) is 0 Å². The van der Waals surface area contributed by atoms with Crippen molar-refractivity contribution in [2.75, 3.05) is 5.32 Å². The van der Waals surface area contributed by atoms with Gasteiger partial charge in [-0.2, -0.15) is 0 Å². The van der Waals surface area contributed by atoms with Crippen LogP contribution in [0.4, 0.5) is 5.69 Å². The summed E-state index contributed by atoms with van der Waals surface area (Å²) in [7, 11) is -3.77. The van der Waals surface area contributed by atoms with Crippen molar-refractivity contribution in [3.8, 4) is 0 Å². The summed E-state index contributed by atoms with van der Waals surface area (Å²) >= 11 is 0. The lowest BCUT2D eigenvalue weighted by Crippen LogP contribution is -2.29. The molecule has 20 heavy (non-hydrogen) atoms. The van der Waals surface area contributed by atoms with E-state index in [0.717, 1.165) is 0 Å². The number of nitrogens with one attached hydrogen (secondary N) is 1. The number of rotatable bonds is 5. The molecule has 0 radical (unpaired) electrons. The second-order valence-corrected chi connectivity index (χ2v) is 5.61. The minimum Gasteiger partial charge on any atom is -0.453 e. The number of benzene rings is 1. The number of hydrogen-bond acceptors (Lipinski definition) is 5. The predicted octanol–water partition coefficient (Wildman–Crippen LogP) is 0.614. The van der Waals surface area contributed by atoms with Gasteiger partial charge < -0.3 is 10.1 Å². The van der Waals surface area contributed by atoms with Gasteiger partial charge >= 0.3 is 5.97 Å². The molecule has 0 aliphatic rings. The minimum atomic E-state index is -3.77. The van der Waals surface area contributed by atoms with Crippen molar-refractivity contribution >= 4 is 27.6 Å². The summed E-state index contributed by atoms with van der Waals surface area (Å²) < 4.78 is 27.0. The summed E-state index contributed by atoms with van der Waals surface area (Å²) in [5.41, 5.74) is 0.377. The lowest BCUT2D eigenvalue weighted by atomic mass is 10.3. The molecule has 0 bridgehead atoms. The Hall–Kier alpha value is -1.93. The number of hydrogen-bond donors (Lipinski definition) is 2. The third kappa shape index (κ3) is 4.63. The summed E-state index contributed by atoms with van der Waals surface area (Å²) in [5.74, 6) is -0.979. The third-order valence-corrected chi connectivity index (χ3v) is 3.35. The third-order valence-electron chi connectivity index (χ3n) is 2.42. The lowest BCUT2D eigenvalue weighted by Gasteiger charge is -2.13. The van der Waals surface area contributed by atoms with Gasteiger partial charge in [0.1, 0.15) is 0 Å². The highest BCUT2D eigenvalue weighted by molar-refractivity contribution is 7.89. The molecular formula is C12H16N2O5S. The van der Waals surface area contributed by atoms with Gasteiger partial charge in [-0.1, -0.05) is 6.92 Å². The van der Waals surface area contributed by atoms with Crippen molar-refractivity contribution in [3.63, 3.8) is 0 Å². The van der Waals surface area contributed by atoms with Gasteiger partial charge in [0.05, 0.1) is 4.90 Å². The Morgan fingerprint density at radius 1 is 1.30 bits per heavy atom. The molecule has 0 aromatic heterocycles. The molecule has 0 unspecified atom stereocenters. The van der Waals surface area contributed by atoms with Crippen molar-refractivity contribution in [1.82, 2.24) is 0 Å². The van der Waals surface area contributed by atoms with Gasteiger partial charge in [0.25, 0.3) is 5.91 Å². The first kappa shape index (κ1) is 16.1. The summed E-state index contributed by atoms with van der Waals surface area (Å²) in [6, 6.07) is 5.33. The second kappa shape index (κ2) is 6.49. The van der Waals surface area contributed by atoms with E-state index in [1.54, 1.807) is 6.92 Å². The van der Waals surface area contributed by atoms with Gasteiger partial charge in [0.15, 0.2) is 6.10 Å². The van der Waals surface area contributed by atoms with Gasteiger partial charge in [0, 0.05) is 12.1 Å². The fourth-order valence-electron chi connectivity index (χ4n) is 1.31. The number of anilines is 1. The van der Waals surface area contributed by atoms with Crippen LogP contribution < -0.4 is 10.5 Å². The molecule has 1 aromatic carbocycles. The predicted molar refractivity (Wildman–Crippen MR) is 72.3 cm³/mol. The Kier molecular flexibility index (Phi) is 5.23. The van der Waals surface area contributed by atoms with Gasteiger partial charge in [-0.05, 0) is 31.2 Å². The highest BCUT2D eigenvalue weighted by atomic mass is 32.2. The fourth-order valence-corrected chi connectivity index (χ4v) is 1.82. The molecule has 3 N–H and O–H groups in total. The van der Waals surface area contributed by atoms with Crippen molar-refractivity contribution in [1.29, 1.82) is 0 Å². The lowest BCUT2D eigenvalue weighted by molar-refractivity contribution is -0.152. The second-order valence-electron chi connectivity index (χ2n) is 4.04. The van der Waals surface area contributed by atoms with Crippen molar-refractivity contribution in [2.45, 2.75) is 31.3 Å². The Bertz CT molecular complexity index is 595. The molecule has 8 heteroatoms. The number of sulfonamides is 1. The Morgan fingerprint density at radius 2 is 1.85 bits per heavy atom. The van der Waals surface area contributed by atoms with Crippen LogP contribution in [0.3, 0.4) is 0 Å². The molecule has 1 aromatic rings. The molecule has 110 valence electrons. The molecular weight excluding hydrogens is 284 g/mol. The molecule has 0 spiro atoms. The number of esters is 1. The average Bonchev–Trinajstić information content (AvgIpc) is 2.38. The van der Waals surface area contributed by atoms with E-state index in [1.807, 2.05) is 0 Å². The zero-order chi connectivity index (χ0) is 15.3. The molecule has 1 atom stereocenters. The van der Waals surface area contributed by atoms with E-state index >= 15 is 0 Å². The van der Waals surface area contributed by atoms with Gasteiger partial charge in [-0.25, -0.2) is 13.6 Å². The zero-order valence-corrected chi connectivity index (χ0v) is 11.9. The van der Waals surface area contributed by atoms with Crippen LogP contribution in [0.15, 0.2) is 29.2 Å². The van der Waals surface area contributed by atoms with Crippen LogP contribution >= 0.6 is 0 Å². The van der Waals surface area contributed by atoms with Gasteiger partial charge in [-0.3, -0.25) is 9.59 Å². The summed E-state index contributed by atoms with van der Waals surface area (Å²) in [6.07, 6.45) is -0.749. The molecule has 1 rings (SSSR count). The number of nitrogens with two attached hydrogens (primary N) is 1. The number of ether oxygens (including phenoxy) is 1. The number of primary sulfonamides is 1.